The van der Waals surface area contributed by atoms with Gasteiger partial charge in [-0.25, -0.2) is 4.98 Å². The van der Waals surface area contributed by atoms with E-state index in [1.54, 1.807) is 6.07 Å². The number of rotatable bonds is 0. The summed E-state index contributed by atoms with van der Waals surface area (Å²) < 4.78 is 0. The van der Waals surface area contributed by atoms with Crippen LogP contribution in [-0.4, -0.2) is 35.9 Å². The molecule has 0 fully saturated rings. The van der Waals surface area contributed by atoms with Crippen LogP contribution in [0.25, 0.3) is 10.9 Å². The fourth-order valence-corrected chi connectivity index (χ4v) is 1.06. The zero-order valence-electron chi connectivity index (χ0n) is 5.86. The standard InChI is InChI=1S/C9H7NO.In.3H/c11-9-6-5-7-3-1-2-4-8(7)10-9;;;;/h1-6H,(H,10,11);;;;. The SMILES string of the molecule is Oc1ccc2ccccc2n1.[InH3]. The Hall–Kier alpha value is -0.700. The summed E-state index contributed by atoms with van der Waals surface area (Å²) >= 11 is 0. The monoisotopic (exact) mass is 263 g/mol. The van der Waals surface area contributed by atoms with Gasteiger partial charge in [-0.15, -0.1) is 0 Å². The number of fused-ring (bicyclic) bond motifs is 1. The first kappa shape index (κ1) is 9.39. The first-order valence-corrected chi connectivity index (χ1v) is 3.41. The molecule has 0 bridgehead atoms. The van der Waals surface area contributed by atoms with Crippen LogP contribution in [0.1, 0.15) is 0 Å². The number of pyridine rings is 1. The van der Waals surface area contributed by atoms with Gasteiger partial charge in [0.25, 0.3) is 0 Å². The van der Waals surface area contributed by atoms with E-state index in [1.165, 1.54) is 0 Å². The van der Waals surface area contributed by atoms with Gasteiger partial charge in [-0.2, -0.15) is 0 Å². The molecule has 0 unspecified atom stereocenters. The number of benzene rings is 1. The molecule has 1 aromatic heterocycles. The summed E-state index contributed by atoms with van der Waals surface area (Å²) in [5, 5.41) is 10.1. The van der Waals surface area contributed by atoms with E-state index in [-0.39, 0.29) is 31.7 Å². The number of hydrogen-bond donors (Lipinski definition) is 1. The van der Waals surface area contributed by atoms with Crippen LogP contribution in [0.15, 0.2) is 36.4 Å². The molecule has 1 heterocycles. The van der Waals surface area contributed by atoms with E-state index >= 15 is 0 Å². The van der Waals surface area contributed by atoms with E-state index in [9.17, 15) is 0 Å². The van der Waals surface area contributed by atoms with Crippen molar-refractivity contribution < 1.29 is 5.11 Å². The molecule has 0 radical (unpaired) electrons. The van der Waals surface area contributed by atoms with E-state index in [1.807, 2.05) is 30.3 Å². The first-order chi connectivity index (χ1) is 5.36. The Labute approximate surface area is 89.0 Å². The van der Waals surface area contributed by atoms with Gasteiger partial charge in [0.15, 0.2) is 0 Å². The Morgan fingerprint density at radius 2 is 1.75 bits per heavy atom. The summed E-state index contributed by atoms with van der Waals surface area (Å²) in [5.74, 6) is 0.0729. The molecule has 2 rings (SSSR count). The third kappa shape index (κ3) is 1.72. The normalized spacial score (nSPS) is 9.33. The molecule has 0 aliphatic carbocycles. The van der Waals surface area contributed by atoms with Crippen molar-refractivity contribution in [3.63, 3.8) is 0 Å². The van der Waals surface area contributed by atoms with Gasteiger partial charge >= 0.3 is 25.8 Å². The third-order valence-electron chi connectivity index (χ3n) is 1.58. The second-order valence-electron chi connectivity index (χ2n) is 2.36. The molecular formula is C9H10InNO. The van der Waals surface area contributed by atoms with Gasteiger partial charge in [0.05, 0.1) is 5.52 Å². The fourth-order valence-electron chi connectivity index (χ4n) is 1.06. The minimum absolute atomic E-state index is 0. The van der Waals surface area contributed by atoms with Crippen LogP contribution in [0.3, 0.4) is 0 Å². The molecule has 0 atom stereocenters. The molecule has 3 heteroatoms. The van der Waals surface area contributed by atoms with Crippen LogP contribution in [0, 0.1) is 0 Å². The number of aromatic nitrogens is 1. The van der Waals surface area contributed by atoms with E-state index in [4.69, 9.17) is 5.11 Å². The summed E-state index contributed by atoms with van der Waals surface area (Å²) in [6.07, 6.45) is 0. The number of hydrogen-bond acceptors (Lipinski definition) is 2. The van der Waals surface area contributed by atoms with E-state index in [0.717, 1.165) is 10.9 Å². The van der Waals surface area contributed by atoms with Crippen molar-refractivity contribution in [1.29, 1.82) is 0 Å². The van der Waals surface area contributed by atoms with Gasteiger partial charge in [-0.1, -0.05) is 18.2 Å². The zero-order valence-corrected chi connectivity index (χ0v) is 5.86. The average Bonchev–Trinajstić information content (AvgIpc) is 2.04. The fraction of sp³-hybridized carbons (Fsp3) is 0. The van der Waals surface area contributed by atoms with Crippen molar-refractivity contribution in [3.05, 3.63) is 36.4 Å². The summed E-state index contributed by atoms with van der Waals surface area (Å²) in [4.78, 5) is 3.93. The predicted molar refractivity (Wildman–Crippen MR) is 53.3 cm³/mol. The molecule has 12 heavy (non-hydrogen) atoms. The summed E-state index contributed by atoms with van der Waals surface area (Å²) in [6, 6.07) is 11.1. The summed E-state index contributed by atoms with van der Waals surface area (Å²) in [6.45, 7) is 0. The molecule has 1 aromatic carbocycles. The van der Waals surface area contributed by atoms with Crippen molar-refractivity contribution in [2.24, 2.45) is 0 Å². The minimum atomic E-state index is 0. The maximum atomic E-state index is 9.02. The molecule has 0 saturated heterocycles. The van der Waals surface area contributed by atoms with E-state index in [0.29, 0.717) is 0 Å². The van der Waals surface area contributed by atoms with Crippen molar-refractivity contribution in [2.45, 2.75) is 0 Å². The van der Waals surface area contributed by atoms with E-state index < -0.39 is 0 Å². The van der Waals surface area contributed by atoms with Crippen molar-refractivity contribution in [1.82, 2.24) is 4.98 Å². The van der Waals surface area contributed by atoms with Gasteiger partial charge in [-0.05, 0) is 12.1 Å². The quantitative estimate of drug-likeness (QED) is 0.761. The predicted octanol–water partition coefficient (Wildman–Crippen LogP) is 0.756. The van der Waals surface area contributed by atoms with Gasteiger partial charge in [0, 0.05) is 11.5 Å². The molecule has 60 valence electrons. The number of aromatic hydroxyl groups is 1. The average molecular weight is 263 g/mol. The molecule has 0 amide bonds. The van der Waals surface area contributed by atoms with Crippen LogP contribution >= 0.6 is 0 Å². The van der Waals surface area contributed by atoms with Crippen LogP contribution < -0.4 is 0 Å². The van der Waals surface area contributed by atoms with Crippen LogP contribution in [0.2, 0.25) is 0 Å². The Kier molecular flexibility index (Phi) is 2.98. The second kappa shape index (κ2) is 3.81. The van der Waals surface area contributed by atoms with Gasteiger partial charge in [-0.3, -0.25) is 0 Å². The van der Waals surface area contributed by atoms with Gasteiger partial charge < -0.3 is 5.11 Å². The molecule has 0 saturated carbocycles. The number of nitrogens with zero attached hydrogens (tertiary/aromatic N) is 1. The first-order valence-electron chi connectivity index (χ1n) is 3.41. The number of para-hydroxylation sites is 1. The maximum absolute atomic E-state index is 9.02. The zero-order chi connectivity index (χ0) is 7.68. The van der Waals surface area contributed by atoms with Gasteiger partial charge in [0.2, 0.25) is 5.88 Å². The molecule has 1 N–H and O–H groups in total. The molecule has 0 aliphatic heterocycles. The molecular weight excluding hydrogens is 253 g/mol. The van der Waals surface area contributed by atoms with Crippen LogP contribution in [0.4, 0.5) is 0 Å². The molecule has 0 aliphatic rings. The Morgan fingerprint density at radius 1 is 1.00 bits per heavy atom. The topological polar surface area (TPSA) is 33.1 Å². The van der Waals surface area contributed by atoms with Crippen molar-refractivity contribution in [3.8, 4) is 5.88 Å². The van der Waals surface area contributed by atoms with Crippen LogP contribution in [-0.2, 0) is 0 Å². The Morgan fingerprint density at radius 3 is 2.58 bits per heavy atom. The third-order valence-corrected chi connectivity index (χ3v) is 1.58. The van der Waals surface area contributed by atoms with Crippen molar-refractivity contribution in [2.75, 3.05) is 0 Å². The van der Waals surface area contributed by atoms with Gasteiger partial charge in [0.1, 0.15) is 0 Å². The second-order valence-corrected chi connectivity index (χ2v) is 2.36. The molecule has 0 spiro atoms. The van der Waals surface area contributed by atoms with E-state index in [2.05, 4.69) is 4.98 Å². The Bertz CT molecular complexity index is 389. The summed E-state index contributed by atoms with van der Waals surface area (Å²) in [7, 11) is 0. The summed E-state index contributed by atoms with van der Waals surface area (Å²) in [5.41, 5.74) is 0.826. The molecule has 2 aromatic rings. The van der Waals surface area contributed by atoms with Crippen LogP contribution in [0.5, 0.6) is 5.88 Å². The molecule has 2 nitrogen and oxygen atoms in total. The Balaban J connectivity index is 0.000000720. The van der Waals surface area contributed by atoms with Crippen molar-refractivity contribution >= 4 is 36.7 Å².